The summed E-state index contributed by atoms with van der Waals surface area (Å²) in [7, 11) is -4.76. The Morgan fingerprint density at radius 2 is 1.56 bits per heavy atom. The van der Waals surface area contributed by atoms with Gasteiger partial charge in [-0.25, -0.2) is 4.57 Å². The molecule has 208 valence electrons. The standard InChI is InChI=1S/C25H23F3NO9P/c26-25(27,28)38-17-4-2-16(3-5-17)36-18-6-7-19-22(12-18)37-21-8-1-15(11-20(21)23(19)31)9-10-24(29,13-30)14-35-39(32,33)34/h1-8,11-12,30H,9-10,13-14,29H2,(H2,32,33,34). The molecule has 5 N–H and O–H groups in total. The summed E-state index contributed by atoms with van der Waals surface area (Å²) in [5.41, 5.74) is 5.46. The number of aliphatic hydroxyl groups excluding tert-OH is 1. The Balaban J connectivity index is 1.52. The molecule has 1 unspecified atom stereocenters. The highest BCUT2D eigenvalue weighted by molar-refractivity contribution is 7.46. The van der Waals surface area contributed by atoms with Crippen LogP contribution in [0.2, 0.25) is 0 Å². The van der Waals surface area contributed by atoms with Crippen molar-refractivity contribution in [1.82, 2.24) is 0 Å². The highest BCUT2D eigenvalue weighted by atomic mass is 31.2. The van der Waals surface area contributed by atoms with Crippen LogP contribution >= 0.6 is 7.82 Å². The first kappa shape index (κ1) is 28.6. The summed E-state index contributed by atoms with van der Waals surface area (Å²) in [5.74, 6) is 0.127. The molecule has 0 bridgehead atoms. The third-order valence-corrected chi connectivity index (χ3v) is 6.21. The largest absolute Gasteiger partial charge is 0.573 e. The lowest BCUT2D eigenvalue weighted by atomic mass is 9.93. The molecule has 39 heavy (non-hydrogen) atoms. The summed E-state index contributed by atoms with van der Waals surface area (Å²) in [5, 5.41) is 10.1. The number of nitrogens with two attached hydrogens (primary N) is 1. The van der Waals surface area contributed by atoms with E-state index in [2.05, 4.69) is 9.26 Å². The molecule has 14 heteroatoms. The zero-order valence-electron chi connectivity index (χ0n) is 20.1. The van der Waals surface area contributed by atoms with E-state index in [-0.39, 0.29) is 51.7 Å². The Morgan fingerprint density at radius 1 is 0.897 bits per heavy atom. The van der Waals surface area contributed by atoms with Crippen LogP contribution in [-0.4, -0.2) is 40.0 Å². The summed E-state index contributed by atoms with van der Waals surface area (Å²) in [6.07, 6.45) is -4.42. The molecular weight excluding hydrogens is 546 g/mol. The van der Waals surface area contributed by atoms with Crippen molar-refractivity contribution >= 4 is 29.8 Å². The van der Waals surface area contributed by atoms with Gasteiger partial charge in [0, 0.05) is 6.07 Å². The Bertz CT molecular complexity index is 1580. The quantitative estimate of drug-likeness (QED) is 0.159. The minimum absolute atomic E-state index is 0.109. The van der Waals surface area contributed by atoms with Gasteiger partial charge in [-0.1, -0.05) is 6.07 Å². The molecule has 4 aromatic rings. The second-order valence-corrected chi connectivity index (χ2v) is 10.1. The van der Waals surface area contributed by atoms with Crippen molar-refractivity contribution in [2.75, 3.05) is 13.2 Å². The number of fused-ring (bicyclic) bond motifs is 2. The average Bonchev–Trinajstić information content (AvgIpc) is 2.86. The highest BCUT2D eigenvalue weighted by Gasteiger charge is 2.31. The molecule has 4 rings (SSSR count). The second kappa shape index (κ2) is 11.0. The van der Waals surface area contributed by atoms with E-state index in [4.69, 9.17) is 24.7 Å². The number of phosphoric acid groups is 1. The smallest absolute Gasteiger partial charge is 0.457 e. The van der Waals surface area contributed by atoms with Crippen LogP contribution in [0.4, 0.5) is 13.2 Å². The van der Waals surface area contributed by atoms with Gasteiger partial charge in [-0.3, -0.25) is 9.32 Å². The number of hydrogen-bond donors (Lipinski definition) is 4. The number of ether oxygens (including phenoxy) is 2. The summed E-state index contributed by atoms with van der Waals surface area (Å²) < 4.78 is 67.8. The number of alkyl halides is 3. The molecule has 1 aromatic heterocycles. The van der Waals surface area contributed by atoms with E-state index >= 15 is 0 Å². The van der Waals surface area contributed by atoms with Gasteiger partial charge in [0.2, 0.25) is 5.43 Å². The lowest BCUT2D eigenvalue weighted by Gasteiger charge is -2.27. The van der Waals surface area contributed by atoms with Crippen molar-refractivity contribution in [3.63, 3.8) is 0 Å². The lowest BCUT2D eigenvalue weighted by molar-refractivity contribution is -0.274. The number of aryl methyl sites for hydroxylation is 1. The molecule has 3 aromatic carbocycles. The third-order valence-electron chi connectivity index (χ3n) is 5.75. The number of aliphatic hydroxyl groups is 1. The van der Waals surface area contributed by atoms with E-state index in [1.165, 1.54) is 30.3 Å². The van der Waals surface area contributed by atoms with E-state index < -0.39 is 38.7 Å². The maximum absolute atomic E-state index is 13.2. The van der Waals surface area contributed by atoms with Crippen molar-refractivity contribution in [2.45, 2.75) is 24.7 Å². The number of rotatable bonds is 10. The van der Waals surface area contributed by atoms with Gasteiger partial charge in [0.25, 0.3) is 0 Å². The van der Waals surface area contributed by atoms with Crippen molar-refractivity contribution in [3.05, 3.63) is 76.5 Å². The number of hydrogen-bond acceptors (Lipinski definition) is 8. The Labute approximate surface area is 218 Å². The summed E-state index contributed by atoms with van der Waals surface area (Å²) in [6.45, 7) is -1.15. The van der Waals surface area contributed by atoms with Crippen LogP contribution in [0.1, 0.15) is 12.0 Å². The minimum Gasteiger partial charge on any atom is -0.457 e. The van der Waals surface area contributed by atoms with Gasteiger partial charge in [-0.05, 0) is 66.9 Å². The van der Waals surface area contributed by atoms with E-state index in [1.54, 1.807) is 18.2 Å². The molecule has 0 radical (unpaired) electrons. The molecular formula is C25H23F3NO9P. The Morgan fingerprint density at radius 3 is 2.21 bits per heavy atom. The normalized spacial score (nSPS) is 13.9. The SMILES string of the molecule is NC(CO)(CCc1ccc2oc3cc(Oc4ccc(OC(F)(F)F)cc4)ccc3c(=O)c2c1)COP(=O)(O)O. The summed E-state index contributed by atoms with van der Waals surface area (Å²) >= 11 is 0. The van der Waals surface area contributed by atoms with Crippen LogP contribution in [0.5, 0.6) is 17.2 Å². The lowest BCUT2D eigenvalue weighted by Crippen LogP contribution is -2.48. The van der Waals surface area contributed by atoms with Gasteiger partial charge in [-0.15, -0.1) is 13.2 Å². The van der Waals surface area contributed by atoms with Crippen molar-refractivity contribution < 1.29 is 51.0 Å². The van der Waals surface area contributed by atoms with Crippen LogP contribution in [0.25, 0.3) is 21.9 Å². The first-order valence-electron chi connectivity index (χ1n) is 11.4. The topological polar surface area (TPSA) is 162 Å². The van der Waals surface area contributed by atoms with Gasteiger partial charge in [0.05, 0.1) is 29.5 Å². The van der Waals surface area contributed by atoms with Gasteiger partial charge in [-0.2, -0.15) is 0 Å². The van der Waals surface area contributed by atoms with Crippen LogP contribution in [0, 0.1) is 0 Å². The minimum atomic E-state index is -4.81. The predicted molar refractivity (Wildman–Crippen MR) is 134 cm³/mol. The number of benzene rings is 3. The second-order valence-electron chi connectivity index (χ2n) is 8.83. The molecule has 0 spiro atoms. The van der Waals surface area contributed by atoms with Gasteiger partial charge < -0.3 is 34.5 Å². The zero-order chi connectivity index (χ0) is 28.4. The van der Waals surface area contributed by atoms with E-state index in [9.17, 15) is 27.6 Å². The van der Waals surface area contributed by atoms with E-state index in [0.29, 0.717) is 5.56 Å². The fourth-order valence-electron chi connectivity index (χ4n) is 3.75. The molecule has 0 aliphatic carbocycles. The molecule has 10 nitrogen and oxygen atoms in total. The van der Waals surface area contributed by atoms with Crippen molar-refractivity contribution in [2.24, 2.45) is 5.73 Å². The van der Waals surface area contributed by atoms with Gasteiger partial charge >= 0.3 is 14.2 Å². The molecule has 1 atom stereocenters. The monoisotopic (exact) mass is 569 g/mol. The fraction of sp³-hybridized carbons (Fsp3) is 0.240. The van der Waals surface area contributed by atoms with Crippen LogP contribution in [-0.2, 0) is 15.5 Å². The van der Waals surface area contributed by atoms with Gasteiger partial charge in [0.15, 0.2) is 0 Å². The fourth-order valence-corrected chi connectivity index (χ4v) is 4.17. The molecule has 1 heterocycles. The highest BCUT2D eigenvalue weighted by Crippen LogP contribution is 2.37. The van der Waals surface area contributed by atoms with E-state index in [0.717, 1.165) is 12.1 Å². The average molecular weight is 569 g/mol. The molecule has 0 fully saturated rings. The van der Waals surface area contributed by atoms with Crippen molar-refractivity contribution in [3.8, 4) is 17.2 Å². The van der Waals surface area contributed by atoms with E-state index in [1.807, 2.05) is 0 Å². The zero-order valence-corrected chi connectivity index (χ0v) is 20.9. The molecule has 0 saturated heterocycles. The molecule has 0 saturated carbocycles. The number of phosphoric ester groups is 1. The maximum Gasteiger partial charge on any atom is 0.573 e. The summed E-state index contributed by atoms with van der Waals surface area (Å²) in [4.78, 5) is 30.9. The maximum atomic E-state index is 13.2. The van der Waals surface area contributed by atoms with Gasteiger partial charge in [0.1, 0.15) is 28.4 Å². The molecule has 0 aliphatic rings. The first-order valence-corrected chi connectivity index (χ1v) is 12.9. The number of halogens is 3. The van der Waals surface area contributed by atoms with Crippen molar-refractivity contribution in [1.29, 1.82) is 0 Å². The first-order chi connectivity index (χ1) is 18.2. The van der Waals surface area contributed by atoms with Crippen LogP contribution in [0.15, 0.2) is 69.9 Å². The van der Waals surface area contributed by atoms with Crippen LogP contribution in [0.3, 0.4) is 0 Å². The molecule has 0 amide bonds. The summed E-state index contributed by atoms with van der Waals surface area (Å²) in [6, 6.07) is 14.2. The molecule has 0 aliphatic heterocycles. The Kier molecular flexibility index (Phi) is 8.03. The van der Waals surface area contributed by atoms with Crippen LogP contribution < -0.4 is 20.6 Å². The Hall–Kier alpha value is -3.45. The predicted octanol–water partition coefficient (Wildman–Crippen LogP) is 4.37. The third kappa shape index (κ3) is 7.57.